The van der Waals surface area contributed by atoms with E-state index in [0.29, 0.717) is 11.6 Å². The number of fused-ring (bicyclic) bond motifs is 1. The van der Waals surface area contributed by atoms with Gasteiger partial charge < -0.3 is 9.88 Å². The molecule has 0 atom stereocenters. The molecule has 0 bridgehead atoms. The second-order valence-electron chi connectivity index (χ2n) is 6.72. The Kier molecular flexibility index (Phi) is 4.75. The summed E-state index contributed by atoms with van der Waals surface area (Å²) in [6, 6.07) is 12.7. The Balaban J connectivity index is 1.79. The number of aryl methyl sites for hydroxylation is 1. The number of aromatic nitrogens is 1. The first-order valence-electron chi connectivity index (χ1n) is 8.49. The number of nitrogens with one attached hydrogen (secondary N) is 1. The summed E-state index contributed by atoms with van der Waals surface area (Å²) in [6.07, 6.45) is 1.88. The topological polar surface area (TPSA) is 77.2 Å². The van der Waals surface area contributed by atoms with Crippen LogP contribution in [0.3, 0.4) is 0 Å². The number of amides is 1. The fourth-order valence-corrected chi connectivity index (χ4v) is 2.92. The first-order valence-corrected chi connectivity index (χ1v) is 8.49. The lowest BCUT2D eigenvalue weighted by molar-refractivity contribution is -0.384. The lowest BCUT2D eigenvalue weighted by atomic mass is 10.0. The van der Waals surface area contributed by atoms with Crippen molar-refractivity contribution in [3.05, 3.63) is 69.9 Å². The Morgan fingerprint density at radius 2 is 1.96 bits per heavy atom. The van der Waals surface area contributed by atoms with Crippen molar-refractivity contribution in [1.82, 2.24) is 4.57 Å². The maximum atomic E-state index is 12.4. The fraction of sp³-hybridized carbons (Fsp3) is 0.250. The van der Waals surface area contributed by atoms with E-state index < -0.39 is 4.92 Å². The van der Waals surface area contributed by atoms with E-state index >= 15 is 0 Å². The maximum absolute atomic E-state index is 12.4. The van der Waals surface area contributed by atoms with Crippen molar-refractivity contribution in [3.8, 4) is 0 Å². The molecule has 0 aliphatic carbocycles. The van der Waals surface area contributed by atoms with Crippen LogP contribution in [0.5, 0.6) is 0 Å². The van der Waals surface area contributed by atoms with E-state index in [9.17, 15) is 14.9 Å². The number of carbonyl (C=O) groups is 1. The zero-order valence-electron chi connectivity index (χ0n) is 15.0. The molecule has 0 fully saturated rings. The average molecular weight is 351 g/mol. The maximum Gasteiger partial charge on any atom is 0.271 e. The van der Waals surface area contributed by atoms with E-state index in [2.05, 4.69) is 31.3 Å². The molecule has 1 N–H and O–H groups in total. The molecule has 1 amide bonds. The monoisotopic (exact) mass is 351 g/mol. The smallest absolute Gasteiger partial charge is 0.271 e. The van der Waals surface area contributed by atoms with Crippen LogP contribution in [-0.4, -0.2) is 15.4 Å². The number of anilines is 1. The van der Waals surface area contributed by atoms with Gasteiger partial charge in [-0.05, 0) is 47.6 Å². The van der Waals surface area contributed by atoms with Gasteiger partial charge in [0.25, 0.3) is 5.69 Å². The van der Waals surface area contributed by atoms with Crippen LogP contribution in [0.2, 0.25) is 0 Å². The number of rotatable bonds is 5. The molecule has 0 aliphatic rings. The second kappa shape index (κ2) is 7.00. The first kappa shape index (κ1) is 17.7. The Hall–Kier alpha value is -3.15. The standard InChI is InChI=1S/C20H21N3O3/c1-13(2)15-5-7-19-16(10-15)8-9-22(19)12-20(24)21-18-11-17(23(25)26)6-4-14(18)3/h4-11,13H,12H2,1-3H3,(H,21,24). The summed E-state index contributed by atoms with van der Waals surface area (Å²) in [4.78, 5) is 22.9. The number of hydrogen-bond donors (Lipinski definition) is 1. The molecule has 1 aromatic heterocycles. The van der Waals surface area contributed by atoms with E-state index in [1.807, 2.05) is 22.9 Å². The largest absolute Gasteiger partial charge is 0.338 e. The molecule has 6 nitrogen and oxygen atoms in total. The van der Waals surface area contributed by atoms with Gasteiger partial charge in [-0.3, -0.25) is 14.9 Å². The highest BCUT2D eigenvalue weighted by atomic mass is 16.6. The minimum atomic E-state index is -0.471. The Bertz CT molecular complexity index is 989. The van der Waals surface area contributed by atoms with Crippen LogP contribution in [0.15, 0.2) is 48.7 Å². The van der Waals surface area contributed by atoms with Crippen LogP contribution >= 0.6 is 0 Å². The number of hydrogen-bond acceptors (Lipinski definition) is 3. The predicted molar refractivity (Wildman–Crippen MR) is 102 cm³/mol. The third-order valence-corrected chi connectivity index (χ3v) is 4.48. The Morgan fingerprint density at radius 1 is 1.19 bits per heavy atom. The van der Waals surface area contributed by atoms with Crippen molar-refractivity contribution in [3.63, 3.8) is 0 Å². The lowest BCUT2D eigenvalue weighted by Crippen LogP contribution is -2.18. The van der Waals surface area contributed by atoms with Gasteiger partial charge in [-0.2, -0.15) is 0 Å². The number of benzene rings is 2. The molecule has 0 saturated carbocycles. The van der Waals surface area contributed by atoms with Crippen LogP contribution in [0.1, 0.15) is 30.9 Å². The van der Waals surface area contributed by atoms with Gasteiger partial charge in [-0.25, -0.2) is 0 Å². The number of nitro benzene ring substituents is 1. The van der Waals surface area contributed by atoms with Gasteiger partial charge in [-0.15, -0.1) is 0 Å². The third-order valence-electron chi connectivity index (χ3n) is 4.48. The Morgan fingerprint density at radius 3 is 2.65 bits per heavy atom. The average Bonchev–Trinajstić information content (AvgIpc) is 2.98. The lowest BCUT2D eigenvalue weighted by Gasteiger charge is -2.10. The number of nitrogens with zero attached hydrogens (tertiary/aromatic N) is 2. The van der Waals surface area contributed by atoms with Crippen molar-refractivity contribution in [1.29, 1.82) is 0 Å². The third kappa shape index (κ3) is 3.59. The van der Waals surface area contributed by atoms with Gasteiger partial charge in [0.2, 0.25) is 5.91 Å². The summed E-state index contributed by atoms with van der Waals surface area (Å²) in [6.45, 7) is 6.24. The molecular weight excluding hydrogens is 330 g/mol. The van der Waals surface area contributed by atoms with E-state index in [-0.39, 0.29) is 18.1 Å². The van der Waals surface area contributed by atoms with E-state index in [4.69, 9.17) is 0 Å². The molecule has 0 radical (unpaired) electrons. The van der Waals surface area contributed by atoms with Gasteiger partial charge in [-0.1, -0.05) is 26.0 Å². The molecule has 0 spiro atoms. The molecule has 1 heterocycles. The summed E-state index contributed by atoms with van der Waals surface area (Å²) in [7, 11) is 0. The molecule has 0 saturated heterocycles. The molecule has 6 heteroatoms. The van der Waals surface area contributed by atoms with Gasteiger partial charge in [0.15, 0.2) is 0 Å². The minimum Gasteiger partial charge on any atom is -0.338 e. The zero-order chi connectivity index (χ0) is 18.8. The zero-order valence-corrected chi connectivity index (χ0v) is 15.0. The highest BCUT2D eigenvalue weighted by molar-refractivity contribution is 5.93. The summed E-state index contributed by atoms with van der Waals surface area (Å²) < 4.78 is 1.88. The Labute approximate surface area is 151 Å². The molecular formula is C20H21N3O3. The molecule has 3 aromatic rings. The van der Waals surface area contributed by atoms with Gasteiger partial charge in [0.05, 0.1) is 10.6 Å². The van der Waals surface area contributed by atoms with Crippen LogP contribution in [-0.2, 0) is 11.3 Å². The van der Waals surface area contributed by atoms with Crippen molar-refractivity contribution in [2.24, 2.45) is 0 Å². The highest BCUT2D eigenvalue weighted by Gasteiger charge is 2.12. The van der Waals surface area contributed by atoms with Crippen molar-refractivity contribution in [2.75, 3.05) is 5.32 Å². The fourth-order valence-electron chi connectivity index (χ4n) is 2.92. The number of non-ortho nitro benzene ring substituents is 1. The predicted octanol–water partition coefficient (Wildman–Crippen LogP) is 4.62. The summed E-state index contributed by atoms with van der Waals surface area (Å²) in [5.41, 5.74) is 3.44. The summed E-state index contributed by atoms with van der Waals surface area (Å²) in [5.74, 6) is 0.224. The van der Waals surface area contributed by atoms with E-state index in [0.717, 1.165) is 16.5 Å². The van der Waals surface area contributed by atoms with Crippen LogP contribution in [0.4, 0.5) is 11.4 Å². The van der Waals surface area contributed by atoms with Gasteiger partial charge in [0.1, 0.15) is 6.54 Å². The second-order valence-corrected chi connectivity index (χ2v) is 6.72. The van der Waals surface area contributed by atoms with Gasteiger partial charge in [0, 0.05) is 23.8 Å². The van der Waals surface area contributed by atoms with E-state index in [1.54, 1.807) is 13.0 Å². The quantitative estimate of drug-likeness (QED) is 0.538. The molecule has 134 valence electrons. The van der Waals surface area contributed by atoms with Crippen molar-refractivity contribution in [2.45, 2.75) is 33.2 Å². The van der Waals surface area contributed by atoms with Crippen LogP contribution in [0.25, 0.3) is 10.9 Å². The SMILES string of the molecule is Cc1ccc([N+](=O)[O-])cc1NC(=O)Cn1ccc2cc(C(C)C)ccc21. The minimum absolute atomic E-state index is 0.0430. The van der Waals surface area contributed by atoms with E-state index in [1.165, 1.54) is 17.7 Å². The normalized spacial score (nSPS) is 11.1. The number of carbonyl (C=O) groups excluding carboxylic acids is 1. The molecule has 0 aliphatic heterocycles. The molecule has 26 heavy (non-hydrogen) atoms. The molecule has 0 unspecified atom stereocenters. The highest BCUT2D eigenvalue weighted by Crippen LogP contribution is 2.24. The summed E-state index contributed by atoms with van der Waals surface area (Å²) >= 11 is 0. The molecule has 3 rings (SSSR count). The van der Waals surface area contributed by atoms with Crippen LogP contribution < -0.4 is 5.32 Å². The first-order chi connectivity index (χ1) is 12.3. The van der Waals surface area contributed by atoms with Gasteiger partial charge >= 0.3 is 0 Å². The van der Waals surface area contributed by atoms with Crippen molar-refractivity contribution < 1.29 is 9.72 Å². The van der Waals surface area contributed by atoms with Crippen molar-refractivity contribution >= 4 is 28.2 Å². The number of nitro groups is 1. The summed E-state index contributed by atoms with van der Waals surface area (Å²) in [5, 5.41) is 14.8. The molecule has 2 aromatic carbocycles. The van der Waals surface area contributed by atoms with Crippen LogP contribution in [0, 0.1) is 17.0 Å².